The summed E-state index contributed by atoms with van der Waals surface area (Å²) in [5, 5.41) is 0. The van der Waals surface area contributed by atoms with Crippen LogP contribution in [0, 0.1) is 5.82 Å². The van der Waals surface area contributed by atoms with Crippen molar-refractivity contribution in [2.24, 2.45) is 5.73 Å². The third kappa shape index (κ3) is 2.70. The Morgan fingerprint density at radius 2 is 1.93 bits per heavy atom. The standard InChI is InChI=1S/C11H16FNO/c1-7(2)14-11-6-9(12)4-5-10(11)8(3)13/h4-8H,13H2,1-3H3. The molecule has 0 saturated carbocycles. The molecule has 0 aromatic heterocycles. The SMILES string of the molecule is CC(C)Oc1cc(F)ccc1C(C)N. The molecule has 0 bridgehead atoms. The molecule has 0 aliphatic rings. The largest absolute Gasteiger partial charge is 0.491 e. The maximum atomic E-state index is 12.9. The molecule has 1 unspecified atom stereocenters. The van der Waals surface area contributed by atoms with Crippen molar-refractivity contribution in [1.82, 2.24) is 0 Å². The van der Waals surface area contributed by atoms with Crippen molar-refractivity contribution in [1.29, 1.82) is 0 Å². The van der Waals surface area contributed by atoms with Gasteiger partial charge in [-0.1, -0.05) is 6.07 Å². The van der Waals surface area contributed by atoms with Crippen LogP contribution in [-0.4, -0.2) is 6.10 Å². The second-order valence-electron chi connectivity index (χ2n) is 3.64. The van der Waals surface area contributed by atoms with Gasteiger partial charge in [-0.3, -0.25) is 0 Å². The van der Waals surface area contributed by atoms with Crippen molar-refractivity contribution in [2.45, 2.75) is 32.9 Å². The van der Waals surface area contributed by atoms with Gasteiger partial charge in [0.1, 0.15) is 11.6 Å². The molecule has 0 aliphatic heterocycles. The van der Waals surface area contributed by atoms with Gasteiger partial charge in [0.2, 0.25) is 0 Å². The zero-order chi connectivity index (χ0) is 10.7. The topological polar surface area (TPSA) is 35.2 Å². The van der Waals surface area contributed by atoms with E-state index in [1.54, 1.807) is 6.07 Å². The van der Waals surface area contributed by atoms with Crippen molar-refractivity contribution >= 4 is 0 Å². The number of halogens is 1. The number of hydrogen-bond donors (Lipinski definition) is 1. The first-order valence-electron chi connectivity index (χ1n) is 4.72. The summed E-state index contributed by atoms with van der Waals surface area (Å²) in [4.78, 5) is 0. The molecular weight excluding hydrogens is 181 g/mol. The molecule has 3 heteroatoms. The Bertz CT molecular complexity index is 310. The highest BCUT2D eigenvalue weighted by molar-refractivity contribution is 5.36. The van der Waals surface area contributed by atoms with Crippen molar-refractivity contribution in [3.8, 4) is 5.75 Å². The zero-order valence-corrected chi connectivity index (χ0v) is 8.75. The second-order valence-corrected chi connectivity index (χ2v) is 3.64. The first kappa shape index (κ1) is 11.0. The summed E-state index contributed by atoms with van der Waals surface area (Å²) < 4.78 is 18.4. The van der Waals surface area contributed by atoms with Crippen LogP contribution >= 0.6 is 0 Å². The number of ether oxygens (including phenoxy) is 1. The minimum atomic E-state index is -0.301. The molecule has 1 aromatic rings. The molecule has 1 atom stereocenters. The smallest absolute Gasteiger partial charge is 0.127 e. The lowest BCUT2D eigenvalue weighted by molar-refractivity contribution is 0.238. The van der Waals surface area contributed by atoms with Crippen LogP contribution in [-0.2, 0) is 0 Å². The van der Waals surface area contributed by atoms with Crippen LogP contribution in [0.2, 0.25) is 0 Å². The highest BCUT2D eigenvalue weighted by Crippen LogP contribution is 2.25. The molecule has 0 saturated heterocycles. The zero-order valence-electron chi connectivity index (χ0n) is 8.75. The molecule has 0 spiro atoms. The van der Waals surface area contributed by atoms with Crippen molar-refractivity contribution in [2.75, 3.05) is 0 Å². The van der Waals surface area contributed by atoms with Gasteiger partial charge in [-0.15, -0.1) is 0 Å². The predicted molar refractivity (Wildman–Crippen MR) is 54.8 cm³/mol. The lowest BCUT2D eigenvalue weighted by Gasteiger charge is -2.16. The molecule has 0 aliphatic carbocycles. The molecule has 78 valence electrons. The van der Waals surface area contributed by atoms with Gasteiger partial charge in [0.05, 0.1) is 6.10 Å². The van der Waals surface area contributed by atoms with Crippen LogP contribution in [0.15, 0.2) is 18.2 Å². The van der Waals surface area contributed by atoms with E-state index >= 15 is 0 Å². The third-order valence-corrected chi connectivity index (χ3v) is 1.83. The maximum absolute atomic E-state index is 12.9. The molecule has 1 rings (SSSR count). The van der Waals surface area contributed by atoms with Crippen LogP contribution in [0.5, 0.6) is 5.75 Å². The lowest BCUT2D eigenvalue weighted by atomic mass is 10.1. The van der Waals surface area contributed by atoms with Crippen molar-refractivity contribution < 1.29 is 9.13 Å². The van der Waals surface area contributed by atoms with E-state index < -0.39 is 0 Å². The van der Waals surface area contributed by atoms with E-state index in [0.717, 1.165) is 5.56 Å². The van der Waals surface area contributed by atoms with E-state index in [1.165, 1.54) is 12.1 Å². The Morgan fingerprint density at radius 3 is 2.43 bits per heavy atom. The van der Waals surface area contributed by atoms with E-state index in [0.29, 0.717) is 5.75 Å². The highest BCUT2D eigenvalue weighted by atomic mass is 19.1. The highest BCUT2D eigenvalue weighted by Gasteiger charge is 2.10. The Morgan fingerprint density at radius 1 is 1.29 bits per heavy atom. The molecule has 0 fully saturated rings. The molecular formula is C11H16FNO. The van der Waals surface area contributed by atoms with Gasteiger partial charge >= 0.3 is 0 Å². The van der Waals surface area contributed by atoms with E-state index in [-0.39, 0.29) is 18.0 Å². The van der Waals surface area contributed by atoms with Gasteiger partial charge in [-0.05, 0) is 26.8 Å². The van der Waals surface area contributed by atoms with Crippen molar-refractivity contribution in [3.05, 3.63) is 29.6 Å². The van der Waals surface area contributed by atoms with Gasteiger partial charge in [-0.2, -0.15) is 0 Å². The Kier molecular flexibility index (Phi) is 3.47. The Hall–Kier alpha value is -1.09. The quantitative estimate of drug-likeness (QED) is 0.808. The average molecular weight is 197 g/mol. The fourth-order valence-corrected chi connectivity index (χ4v) is 1.24. The second kappa shape index (κ2) is 4.42. The molecule has 14 heavy (non-hydrogen) atoms. The molecule has 2 N–H and O–H groups in total. The first-order valence-corrected chi connectivity index (χ1v) is 4.72. The van der Waals surface area contributed by atoms with Crippen molar-refractivity contribution in [3.63, 3.8) is 0 Å². The van der Waals surface area contributed by atoms with Gasteiger partial charge in [0.25, 0.3) is 0 Å². The minimum Gasteiger partial charge on any atom is -0.491 e. The summed E-state index contributed by atoms with van der Waals surface area (Å²) in [7, 11) is 0. The summed E-state index contributed by atoms with van der Waals surface area (Å²) in [5.74, 6) is 0.236. The van der Waals surface area contributed by atoms with Gasteiger partial charge in [0.15, 0.2) is 0 Å². The summed E-state index contributed by atoms with van der Waals surface area (Å²) in [6.45, 7) is 5.65. The number of benzene rings is 1. The molecule has 1 aromatic carbocycles. The Balaban J connectivity index is 3.03. The molecule has 0 amide bonds. The lowest BCUT2D eigenvalue weighted by Crippen LogP contribution is -2.12. The summed E-state index contributed by atoms with van der Waals surface area (Å²) >= 11 is 0. The number of nitrogens with two attached hydrogens (primary N) is 1. The summed E-state index contributed by atoms with van der Waals surface area (Å²) in [6.07, 6.45) is 0.0225. The summed E-state index contributed by atoms with van der Waals surface area (Å²) in [6, 6.07) is 4.28. The molecule has 2 nitrogen and oxygen atoms in total. The maximum Gasteiger partial charge on any atom is 0.127 e. The Labute approximate surface area is 83.9 Å². The van der Waals surface area contributed by atoms with Gasteiger partial charge in [-0.25, -0.2) is 4.39 Å². The van der Waals surface area contributed by atoms with E-state index in [1.807, 2.05) is 20.8 Å². The number of hydrogen-bond acceptors (Lipinski definition) is 2. The number of rotatable bonds is 3. The van der Waals surface area contributed by atoms with Crippen LogP contribution in [0.25, 0.3) is 0 Å². The van der Waals surface area contributed by atoms with Gasteiger partial charge < -0.3 is 10.5 Å². The monoisotopic (exact) mass is 197 g/mol. The molecule has 0 radical (unpaired) electrons. The van der Waals surface area contributed by atoms with E-state index in [4.69, 9.17) is 10.5 Å². The van der Waals surface area contributed by atoms with Crippen LogP contribution < -0.4 is 10.5 Å². The molecule has 0 heterocycles. The fraction of sp³-hybridized carbons (Fsp3) is 0.455. The predicted octanol–water partition coefficient (Wildman–Crippen LogP) is 2.63. The van der Waals surface area contributed by atoms with E-state index in [9.17, 15) is 4.39 Å². The van der Waals surface area contributed by atoms with Crippen LogP contribution in [0.4, 0.5) is 4.39 Å². The fourth-order valence-electron chi connectivity index (χ4n) is 1.24. The first-order chi connectivity index (χ1) is 6.50. The average Bonchev–Trinajstić information content (AvgIpc) is 2.01. The summed E-state index contributed by atoms with van der Waals surface area (Å²) in [5.41, 5.74) is 6.57. The van der Waals surface area contributed by atoms with E-state index in [2.05, 4.69) is 0 Å². The van der Waals surface area contributed by atoms with Crippen LogP contribution in [0.1, 0.15) is 32.4 Å². The van der Waals surface area contributed by atoms with Crippen LogP contribution in [0.3, 0.4) is 0 Å². The third-order valence-electron chi connectivity index (χ3n) is 1.83. The normalized spacial score (nSPS) is 13.0. The minimum absolute atomic E-state index is 0.0225. The van der Waals surface area contributed by atoms with Gasteiger partial charge in [0, 0.05) is 17.7 Å².